The highest BCUT2D eigenvalue weighted by molar-refractivity contribution is 5.28. The number of aliphatic hydroxyl groups is 2. The zero-order valence-electron chi connectivity index (χ0n) is 10.7. The molecule has 2 unspecified atom stereocenters. The molecule has 1 fully saturated rings. The van der Waals surface area contributed by atoms with E-state index in [1.54, 1.807) is 7.11 Å². The second-order valence-corrected chi connectivity index (χ2v) is 4.84. The van der Waals surface area contributed by atoms with Crippen LogP contribution in [-0.4, -0.2) is 48.0 Å². The van der Waals surface area contributed by atoms with E-state index in [2.05, 4.69) is 4.90 Å². The number of hydrogen-bond acceptors (Lipinski definition) is 4. The molecule has 0 aromatic heterocycles. The minimum absolute atomic E-state index is 0.248. The van der Waals surface area contributed by atoms with Gasteiger partial charge in [-0.05, 0) is 37.1 Å². The molecule has 18 heavy (non-hydrogen) atoms. The van der Waals surface area contributed by atoms with Crippen molar-refractivity contribution in [3.05, 3.63) is 29.8 Å². The van der Waals surface area contributed by atoms with Crippen LogP contribution in [0.2, 0.25) is 0 Å². The maximum absolute atomic E-state index is 10.2. The lowest BCUT2D eigenvalue weighted by Gasteiger charge is -2.31. The van der Waals surface area contributed by atoms with Crippen molar-refractivity contribution in [1.29, 1.82) is 0 Å². The van der Waals surface area contributed by atoms with Gasteiger partial charge in [0.1, 0.15) is 5.75 Å². The van der Waals surface area contributed by atoms with Crippen molar-refractivity contribution in [3.63, 3.8) is 0 Å². The third-order valence-corrected chi connectivity index (χ3v) is 3.41. The lowest BCUT2D eigenvalue weighted by atomic mass is 10.1. The molecule has 0 amide bonds. The molecule has 1 aromatic carbocycles. The summed E-state index contributed by atoms with van der Waals surface area (Å²) < 4.78 is 5.09. The Morgan fingerprint density at radius 1 is 1.39 bits per heavy atom. The standard InChI is InChI=1S/C14H21NO3/c1-18-13-6-4-11(5-7-13)14(17)10-15-8-2-3-12(16)9-15/h4-7,12,14,16-17H,2-3,8-10H2,1H3. The molecule has 1 heterocycles. The number of ether oxygens (including phenoxy) is 1. The van der Waals surface area contributed by atoms with E-state index in [4.69, 9.17) is 4.74 Å². The number of aliphatic hydroxyl groups excluding tert-OH is 2. The van der Waals surface area contributed by atoms with Gasteiger partial charge < -0.3 is 14.9 Å². The van der Waals surface area contributed by atoms with Crippen LogP contribution in [0.4, 0.5) is 0 Å². The van der Waals surface area contributed by atoms with Crippen LogP contribution in [-0.2, 0) is 0 Å². The van der Waals surface area contributed by atoms with Gasteiger partial charge in [0.15, 0.2) is 0 Å². The van der Waals surface area contributed by atoms with Gasteiger partial charge in [-0.2, -0.15) is 0 Å². The summed E-state index contributed by atoms with van der Waals surface area (Å²) in [5.74, 6) is 0.791. The van der Waals surface area contributed by atoms with E-state index in [0.29, 0.717) is 13.1 Å². The Bertz CT molecular complexity index is 366. The lowest BCUT2D eigenvalue weighted by molar-refractivity contribution is 0.0392. The summed E-state index contributed by atoms with van der Waals surface area (Å²) in [4.78, 5) is 2.11. The van der Waals surface area contributed by atoms with E-state index >= 15 is 0 Å². The van der Waals surface area contributed by atoms with Crippen LogP contribution in [0.3, 0.4) is 0 Å². The predicted octanol–water partition coefficient (Wildman–Crippen LogP) is 1.19. The van der Waals surface area contributed by atoms with Gasteiger partial charge in [-0.3, -0.25) is 4.90 Å². The zero-order valence-corrected chi connectivity index (χ0v) is 10.7. The van der Waals surface area contributed by atoms with Gasteiger partial charge in [0.2, 0.25) is 0 Å². The minimum atomic E-state index is -0.513. The van der Waals surface area contributed by atoms with Crippen LogP contribution >= 0.6 is 0 Å². The summed E-state index contributed by atoms with van der Waals surface area (Å²) >= 11 is 0. The molecule has 0 aliphatic carbocycles. The molecule has 1 aliphatic rings. The van der Waals surface area contributed by atoms with Gasteiger partial charge in [-0.15, -0.1) is 0 Å². The highest BCUT2D eigenvalue weighted by Gasteiger charge is 2.20. The Morgan fingerprint density at radius 2 is 2.11 bits per heavy atom. The summed E-state index contributed by atoms with van der Waals surface area (Å²) in [6.45, 7) is 2.18. The Labute approximate surface area is 108 Å². The number of β-amino-alcohol motifs (C(OH)–C–C–N with tert-alkyl or cyclic N) is 2. The van der Waals surface area contributed by atoms with Gasteiger partial charge >= 0.3 is 0 Å². The van der Waals surface area contributed by atoms with Crippen molar-refractivity contribution in [2.75, 3.05) is 26.7 Å². The number of piperidine rings is 1. The highest BCUT2D eigenvalue weighted by atomic mass is 16.5. The number of benzene rings is 1. The SMILES string of the molecule is COc1ccc(C(O)CN2CCCC(O)C2)cc1. The van der Waals surface area contributed by atoms with Crippen molar-refractivity contribution in [3.8, 4) is 5.75 Å². The van der Waals surface area contributed by atoms with Crippen molar-refractivity contribution in [1.82, 2.24) is 4.90 Å². The van der Waals surface area contributed by atoms with Crippen LogP contribution < -0.4 is 4.74 Å². The molecule has 1 aromatic rings. The molecule has 0 radical (unpaired) electrons. The quantitative estimate of drug-likeness (QED) is 0.844. The molecular weight excluding hydrogens is 230 g/mol. The number of nitrogens with zero attached hydrogens (tertiary/aromatic N) is 1. The summed E-state index contributed by atoms with van der Waals surface area (Å²) in [6, 6.07) is 7.46. The maximum atomic E-state index is 10.2. The van der Waals surface area contributed by atoms with E-state index in [1.165, 1.54) is 0 Å². The minimum Gasteiger partial charge on any atom is -0.497 e. The fraction of sp³-hybridized carbons (Fsp3) is 0.571. The lowest BCUT2D eigenvalue weighted by Crippen LogP contribution is -2.40. The molecule has 1 aliphatic heterocycles. The Kier molecular flexibility index (Phi) is 4.58. The molecule has 2 atom stereocenters. The zero-order chi connectivity index (χ0) is 13.0. The Hall–Kier alpha value is -1.10. The first-order chi connectivity index (χ1) is 8.69. The molecule has 4 heteroatoms. The summed E-state index contributed by atoms with van der Waals surface area (Å²) in [6.07, 6.45) is 1.11. The monoisotopic (exact) mass is 251 g/mol. The first kappa shape index (κ1) is 13.3. The van der Waals surface area contributed by atoms with Crippen LogP contribution in [0.1, 0.15) is 24.5 Å². The third-order valence-electron chi connectivity index (χ3n) is 3.41. The second kappa shape index (κ2) is 6.18. The van der Waals surface area contributed by atoms with Crippen LogP contribution in [0.25, 0.3) is 0 Å². The van der Waals surface area contributed by atoms with Gasteiger partial charge in [-0.25, -0.2) is 0 Å². The summed E-state index contributed by atoms with van der Waals surface area (Å²) in [5.41, 5.74) is 0.885. The topological polar surface area (TPSA) is 52.9 Å². The number of methoxy groups -OCH3 is 1. The van der Waals surface area contributed by atoms with Crippen molar-refractivity contribution in [2.45, 2.75) is 25.0 Å². The van der Waals surface area contributed by atoms with Crippen molar-refractivity contribution >= 4 is 0 Å². The molecule has 0 bridgehead atoms. The molecule has 2 rings (SSSR count). The van der Waals surface area contributed by atoms with E-state index < -0.39 is 6.10 Å². The average Bonchev–Trinajstić information content (AvgIpc) is 2.39. The average molecular weight is 251 g/mol. The van der Waals surface area contributed by atoms with E-state index in [1.807, 2.05) is 24.3 Å². The van der Waals surface area contributed by atoms with Gasteiger partial charge in [0.05, 0.1) is 19.3 Å². The number of hydrogen-bond donors (Lipinski definition) is 2. The van der Waals surface area contributed by atoms with Crippen molar-refractivity contribution in [2.24, 2.45) is 0 Å². The van der Waals surface area contributed by atoms with Crippen LogP contribution in [0.15, 0.2) is 24.3 Å². The smallest absolute Gasteiger partial charge is 0.118 e. The number of rotatable bonds is 4. The summed E-state index contributed by atoms with van der Waals surface area (Å²) in [5, 5.41) is 19.8. The highest BCUT2D eigenvalue weighted by Crippen LogP contribution is 2.20. The first-order valence-corrected chi connectivity index (χ1v) is 6.41. The predicted molar refractivity (Wildman–Crippen MR) is 69.6 cm³/mol. The third kappa shape index (κ3) is 3.45. The van der Waals surface area contributed by atoms with Crippen LogP contribution in [0, 0.1) is 0 Å². The maximum Gasteiger partial charge on any atom is 0.118 e. The number of likely N-dealkylation sites (tertiary alicyclic amines) is 1. The largest absolute Gasteiger partial charge is 0.497 e. The van der Waals surface area contributed by atoms with Gasteiger partial charge in [-0.1, -0.05) is 12.1 Å². The van der Waals surface area contributed by atoms with E-state index in [-0.39, 0.29) is 6.10 Å². The Balaban J connectivity index is 1.91. The molecular formula is C14H21NO3. The molecule has 100 valence electrons. The van der Waals surface area contributed by atoms with Gasteiger partial charge in [0, 0.05) is 13.1 Å². The van der Waals surface area contributed by atoms with Crippen LogP contribution in [0.5, 0.6) is 5.75 Å². The second-order valence-electron chi connectivity index (χ2n) is 4.84. The molecule has 4 nitrogen and oxygen atoms in total. The van der Waals surface area contributed by atoms with Gasteiger partial charge in [0.25, 0.3) is 0 Å². The first-order valence-electron chi connectivity index (χ1n) is 6.41. The fourth-order valence-corrected chi connectivity index (χ4v) is 2.37. The molecule has 1 saturated heterocycles. The fourth-order valence-electron chi connectivity index (χ4n) is 2.37. The Morgan fingerprint density at radius 3 is 2.72 bits per heavy atom. The molecule has 2 N–H and O–H groups in total. The summed E-state index contributed by atoms with van der Waals surface area (Å²) in [7, 11) is 1.63. The molecule has 0 saturated carbocycles. The van der Waals surface area contributed by atoms with E-state index in [0.717, 1.165) is 30.7 Å². The van der Waals surface area contributed by atoms with Crippen molar-refractivity contribution < 1.29 is 14.9 Å². The molecule has 0 spiro atoms. The normalized spacial score (nSPS) is 22.7. The van der Waals surface area contributed by atoms with E-state index in [9.17, 15) is 10.2 Å².